The van der Waals surface area contributed by atoms with E-state index in [2.05, 4.69) is 4.98 Å². The number of halogens is 1. The van der Waals surface area contributed by atoms with E-state index < -0.39 is 5.97 Å². The van der Waals surface area contributed by atoms with Gasteiger partial charge >= 0.3 is 5.97 Å². The average Bonchev–Trinajstić information content (AvgIpc) is 3.02. The summed E-state index contributed by atoms with van der Waals surface area (Å²) >= 11 is 7.25. The molecule has 1 aliphatic heterocycles. The normalized spacial score (nSPS) is 14.4. The van der Waals surface area contributed by atoms with Gasteiger partial charge in [-0.25, -0.2) is 9.78 Å². The third kappa shape index (κ3) is 4.38. The summed E-state index contributed by atoms with van der Waals surface area (Å²) in [6.45, 7) is 3.03. The van der Waals surface area contributed by atoms with Crippen LogP contribution in [0.2, 0.25) is 5.02 Å². The maximum atomic E-state index is 12.3. The van der Waals surface area contributed by atoms with E-state index in [4.69, 9.17) is 16.3 Å². The molecule has 0 saturated carbocycles. The van der Waals surface area contributed by atoms with Crippen LogP contribution in [-0.2, 0) is 9.53 Å². The molecule has 5 nitrogen and oxygen atoms in total. The molecule has 1 saturated heterocycles. The molecule has 0 spiro atoms. The first-order chi connectivity index (χ1) is 12.0. The Balaban J connectivity index is 1.65. The van der Waals surface area contributed by atoms with Crippen LogP contribution >= 0.6 is 22.9 Å². The van der Waals surface area contributed by atoms with Crippen LogP contribution in [-0.4, -0.2) is 41.5 Å². The Morgan fingerprint density at radius 2 is 2.04 bits per heavy atom. The number of nitrogens with zero attached hydrogens (tertiary/aromatic N) is 2. The number of likely N-dealkylation sites (tertiary alicyclic amines) is 1. The zero-order chi connectivity index (χ0) is 17.8. The quantitative estimate of drug-likeness (QED) is 0.756. The number of aromatic nitrogens is 1. The fourth-order valence-electron chi connectivity index (χ4n) is 2.76. The minimum absolute atomic E-state index is 0.134. The number of esters is 1. The van der Waals surface area contributed by atoms with Gasteiger partial charge in [-0.05, 0) is 38.3 Å². The van der Waals surface area contributed by atoms with Gasteiger partial charge in [-0.1, -0.05) is 23.7 Å². The van der Waals surface area contributed by atoms with Crippen molar-refractivity contribution in [2.75, 3.05) is 19.7 Å². The van der Waals surface area contributed by atoms with Crippen molar-refractivity contribution >= 4 is 34.8 Å². The highest BCUT2D eigenvalue weighted by Crippen LogP contribution is 2.29. The van der Waals surface area contributed by atoms with Crippen LogP contribution < -0.4 is 0 Å². The van der Waals surface area contributed by atoms with Gasteiger partial charge in [-0.3, -0.25) is 4.79 Å². The van der Waals surface area contributed by atoms with Crippen molar-refractivity contribution in [2.45, 2.75) is 26.2 Å². The largest absolute Gasteiger partial charge is 0.451 e. The van der Waals surface area contributed by atoms with Crippen molar-refractivity contribution < 1.29 is 14.3 Å². The first-order valence-electron chi connectivity index (χ1n) is 8.23. The topological polar surface area (TPSA) is 59.5 Å². The highest BCUT2D eigenvalue weighted by atomic mass is 35.5. The van der Waals surface area contributed by atoms with Gasteiger partial charge in [0.1, 0.15) is 9.88 Å². The molecule has 25 heavy (non-hydrogen) atoms. The van der Waals surface area contributed by atoms with E-state index in [1.54, 1.807) is 24.0 Å². The van der Waals surface area contributed by atoms with E-state index >= 15 is 0 Å². The molecule has 0 N–H and O–H groups in total. The molecular formula is C18H19ClN2O3S. The lowest BCUT2D eigenvalue weighted by Gasteiger charge is -2.26. The summed E-state index contributed by atoms with van der Waals surface area (Å²) in [6.07, 6.45) is 3.17. The second-order valence-electron chi connectivity index (χ2n) is 5.96. The van der Waals surface area contributed by atoms with Gasteiger partial charge in [0.05, 0.1) is 5.69 Å². The van der Waals surface area contributed by atoms with Crippen LogP contribution in [0.15, 0.2) is 24.3 Å². The van der Waals surface area contributed by atoms with Crippen molar-refractivity contribution in [3.63, 3.8) is 0 Å². The first kappa shape index (κ1) is 17.9. The van der Waals surface area contributed by atoms with Crippen molar-refractivity contribution in [1.82, 2.24) is 9.88 Å². The lowest BCUT2D eigenvalue weighted by Crippen LogP contribution is -2.38. The standard InChI is InChI=1S/C18H19ClN2O3S/c1-12-16(25-17(20-12)13-6-5-7-14(19)10-13)18(23)24-11-15(22)21-8-3-2-4-9-21/h5-7,10H,2-4,8-9,11H2,1H3. The van der Waals surface area contributed by atoms with Gasteiger partial charge < -0.3 is 9.64 Å². The SMILES string of the molecule is Cc1nc(-c2cccc(Cl)c2)sc1C(=O)OCC(=O)N1CCCCC1. The van der Waals surface area contributed by atoms with Crippen molar-refractivity contribution in [2.24, 2.45) is 0 Å². The number of benzene rings is 1. The number of ether oxygens (including phenoxy) is 1. The Hall–Kier alpha value is -1.92. The summed E-state index contributed by atoms with van der Waals surface area (Å²) in [4.78, 5) is 31.0. The fraction of sp³-hybridized carbons (Fsp3) is 0.389. The summed E-state index contributed by atoms with van der Waals surface area (Å²) < 4.78 is 5.21. The summed E-state index contributed by atoms with van der Waals surface area (Å²) in [5.74, 6) is -0.640. The smallest absolute Gasteiger partial charge is 0.350 e. The molecule has 1 aromatic heterocycles. The molecule has 1 aliphatic rings. The Morgan fingerprint density at radius 3 is 2.76 bits per heavy atom. The van der Waals surface area contributed by atoms with Gasteiger partial charge in [0.25, 0.3) is 5.91 Å². The van der Waals surface area contributed by atoms with E-state index in [0.717, 1.165) is 37.9 Å². The molecule has 1 amide bonds. The Labute approximate surface area is 155 Å². The number of piperidine rings is 1. The molecule has 1 aromatic carbocycles. The summed E-state index contributed by atoms with van der Waals surface area (Å²) in [6, 6.07) is 7.31. The summed E-state index contributed by atoms with van der Waals surface area (Å²) in [5, 5.41) is 1.32. The second kappa shape index (κ2) is 7.97. The zero-order valence-electron chi connectivity index (χ0n) is 14.0. The Morgan fingerprint density at radius 1 is 1.28 bits per heavy atom. The number of aryl methyl sites for hydroxylation is 1. The number of amides is 1. The molecule has 0 unspecified atom stereocenters. The predicted molar refractivity (Wildman–Crippen MR) is 98.0 cm³/mol. The molecule has 132 valence electrons. The van der Waals surface area contributed by atoms with Crippen LogP contribution in [0.4, 0.5) is 0 Å². The van der Waals surface area contributed by atoms with Gasteiger partial charge in [0, 0.05) is 23.7 Å². The maximum absolute atomic E-state index is 12.3. The maximum Gasteiger partial charge on any atom is 0.350 e. The second-order valence-corrected chi connectivity index (χ2v) is 7.40. The van der Waals surface area contributed by atoms with Crippen LogP contribution in [0.5, 0.6) is 0 Å². The summed E-state index contributed by atoms with van der Waals surface area (Å²) in [7, 11) is 0. The third-order valence-electron chi connectivity index (χ3n) is 4.09. The molecule has 0 atom stereocenters. The molecule has 7 heteroatoms. The Bertz CT molecular complexity index is 784. The lowest BCUT2D eigenvalue weighted by molar-refractivity contribution is -0.135. The van der Waals surface area contributed by atoms with Gasteiger partial charge in [-0.15, -0.1) is 11.3 Å². The number of rotatable bonds is 4. The molecule has 1 fully saturated rings. The number of carbonyl (C=O) groups is 2. The van der Waals surface area contributed by atoms with E-state index in [-0.39, 0.29) is 12.5 Å². The molecule has 2 heterocycles. The highest BCUT2D eigenvalue weighted by Gasteiger charge is 2.21. The minimum Gasteiger partial charge on any atom is -0.451 e. The molecular weight excluding hydrogens is 360 g/mol. The minimum atomic E-state index is -0.506. The lowest BCUT2D eigenvalue weighted by atomic mass is 10.1. The molecule has 0 radical (unpaired) electrons. The highest BCUT2D eigenvalue weighted by molar-refractivity contribution is 7.17. The fourth-order valence-corrected chi connectivity index (χ4v) is 3.90. The number of hydrogen-bond donors (Lipinski definition) is 0. The first-order valence-corrected chi connectivity index (χ1v) is 9.42. The van der Waals surface area contributed by atoms with Gasteiger partial charge in [0.2, 0.25) is 0 Å². The third-order valence-corrected chi connectivity index (χ3v) is 5.51. The number of carbonyl (C=O) groups excluding carboxylic acids is 2. The molecule has 0 bridgehead atoms. The predicted octanol–water partition coefficient (Wildman–Crippen LogP) is 3.94. The van der Waals surface area contributed by atoms with Crippen LogP contribution in [0.1, 0.15) is 34.6 Å². The molecule has 2 aromatic rings. The zero-order valence-corrected chi connectivity index (χ0v) is 15.5. The van der Waals surface area contributed by atoms with Crippen molar-refractivity contribution in [1.29, 1.82) is 0 Å². The molecule has 3 rings (SSSR count). The van der Waals surface area contributed by atoms with Crippen LogP contribution in [0.3, 0.4) is 0 Å². The van der Waals surface area contributed by atoms with Crippen LogP contribution in [0, 0.1) is 6.92 Å². The average molecular weight is 379 g/mol. The van der Waals surface area contributed by atoms with Crippen molar-refractivity contribution in [3.8, 4) is 10.6 Å². The van der Waals surface area contributed by atoms with Gasteiger partial charge in [0.15, 0.2) is 6.61 Å². The molecule has 0 aliphatic carbocycles. The van der Waals surface area contributed by atoms with Crippen LogP contribution in [0.25, 0.3) is 10.6 Å². The Kier molecular flexibility index (Phi) is 5.71. The number of hydrogen-bond acceptors (Lipinski definition) is 5. The monoisotopic (exact) mass is 378 g/mol. The summed E-state index contributed by atoms with van der Waals surface area (Å²) in [5.41, 5.74) is 1.44. The van der Waals surface area contributed by atoms with E-state index in [1.165, 1.54) is 11.3 Å². The van der Waals surface area contributed by atoms with Gasteiger partial charge in [-0.2, -0.15) is 0 Å². The van der Waals surface area contributed by atoms with E-state index in [1.807, 2.05) is 12.1 Å². The number of thiazole rings is 1. The van der Waals surface area contributed by atoms with E-state index in [0.29, 0.717) is 20.6 Å². The van der Waals surface area contributed by atoms with E-state index in [9.17, 15) is 9.59 Å². The van der Waals surface area contributed by atoms with Crippen molar-refractivity contribution in [3.05, 3.63) is 39.9 Å².